The van der Waals surface area contributed by atoms with Gasteiger partial charge in [-0.3, -0.25) is 4.79 Å². The molecule has 120 valence electrons. The normalized spacial score (nSPS) is 28.2. The fraction of sp³-hybridized carbons (Fsp3) is 0.895. The molecule has 2 saturated carbocycles. The van der Waals surface area contributed by atoms with Crippen molar-refractivity contribution in [3.05, 3.63) is 6.42 Å². The number of unbranched alkanes of at least 4 members (excludes halogenated alkanes) is 3. The van der Waals surface area contributed by atoms with Crippen molar-refractivity contribution in [2.24, 2.45) is 17.3 Å². The third-order valence-corrected chi connectivity index (χ3v) is 5.40. The fourth-order valence-electron chi connectivity index (χ4n) is 4.03. The molecule has 0 heterocycles. The molecule has 2 rings (SSSR count). The Kier molecular flexibility index (Phi) is 6.73. The largest absolute Gasteiger partial charge is 0.378 e. The second-order valence-electron chi connectivity index (χ2n) is 7.84. The summed E-state index contributed by atoms with van der Waals surface area (Å²) in [5, 5.41) is 0. The number of hydrogen-bond donors (Lipinski definition) is 0. The van der Waals surface area contributed by atoms with E-state index in [1.807, 2.05) is 6.29 Å². The highest BCUT2D eigenvalue weighted by atomic mass is 16.5. The topological polar surface area (TPSA) is 26.3 Å². The molecule has 3 atom stereocenters. The van der Waals surface area contributed by atoms with Gasteiger partial charge in [0, 0.05) is 13.0 Å². The molecule has 2 heteroatoms. The molecule has 2 bridgehead atoms. The molecule has 2 nitrogen and oxygen atoms in total. The number of fused-ring (bicyclic) bond motifs is 2. The molecule has 0 saturated heterocycles. The van der Waals surface area contributed by atoms with E-state index >= 15 is 0 Å². The minimum Gasteiger partial charge on any atom is -0.378 e. The van der Waals surface area contributed by atoms with Crippen molar-refractivity contribution >= 4 is 6.29 Å². The molecule has 0 aromatic heterocycles. The van der Waals surface area contributed by atoms with Crippen LogP contribution in [0.4, 0.5) is 0 Å². The Morgan fingerprint density at radius 3 is 2.62 bits per heavy atom. The van der Waals surface area contributed by atoms with Crippen LogP contribution in [0.25, 0.3) is 0 Å². The molecular weight excluding hydrogens is 260 g/mol. The SMILES string of the molecule is CC(C)(CCCCC[C]=O)CCCOC1CC2[CH]CC1C2. The van der Waals surface area contributed by atoms with Crippen molar-refractivity contribution in [3.8, 4) is 0 Å². The number of hydrogen-bond acceptors (Lipinski definition) is 2. The molecule has 0 aromatic carbocycles. The summed E-state index contributed by atoms with van der Waals surface area (Å²) in [6.07, 6.45) is 16.7. The van der Waals surface area contributed by atoms with E-state index in [2.05, 4.69) is 20.3 Å². The summed E-state index contributed by atoms with van der Waals surface area (Å²) in [6, 6.07) is 0. The van der Waals surface area contributed by atoms with Gasteiger partial charge in [-0.2, -0.15) is 0 Å². The number of carbonyl (C=O) groups excluding carboxylic acids is 1. The van der Waals surface area contributed by atoms with Gasteiger partial charge in [0.2, 0.25) is 0 Å². The van der Waals surface area contributed by atoms with E-state index in [1.54, 1.807) is 0 Å². The molecular formula is C19H32O2. The molecule has 2 fully saturated rings. The Morgan fingerprint density at radius 1 is 1.14 bits per heavy atom. The quantitative estimate of drug-likeness (QED) is 0.508. The van der Waals surface area contributed by atoms with Crippen LogP contribution in [-0.2, 0) is 9.53 Å². The van der Waals surface area contributed by atoms with Gasteiger partial charge in [0.25, 0.3) is 0 Å². The Bertz CT molecular complexity index is 311. The van der Waals surface area contributed by atoms with E-state index in [9.17, 15) is 4.79 Å². The highest BCUT2D eigenvalue weighted by molar-refractivity contribution is 5.50. The molecule has 3 unspecified atom stereocenters. The second-order valence-corrected chi connectivity index (χ2v) is 7.84. The van der Waals surface area contributed by atoms with Gasteiger partial charge in [-0.05, 0) is 68.6 Å². The molecule has 0 N–H and O–H groups in total. The van der Waals surface area contributed by atoms with Crippen LogP contribution in [0.5, 0.6) is 0 Å². The minimum absolute atomic E-state index is 0.413. The average Bonchev–Trinajstić information content (AvgIpc) is 3.06. The number of ether oxygens (including phenoxy) is 1. The summed E-state index contributed by atoms with van der Waals surface area (Å²) in [4.78, 5) is 10.2. The first-order valence-electron chi connectivity index (χ1n) is 8.91. The first kappa shape index (κ1) is 17.0. The van der Waals surface area contributed by atoms with Gasteiger partial charge in [0.1, 0.15) is 0 Å². The van der Waals surface area contributed by atoms with Crippen molar-refractivity contribution in [2.75, 3.05) is 6.61 Å². The average molecular weight is 292 g/mol. The van der Waals surface area contributed by atoms with Gasteiger partial charge in [-0.1, -0.05) is 26.7 Å². The maximum Gasteiger partial charge on any atom is 0.198 e. The zero-order chi connectivity index (χ0) is 15.1. The fourth-order valence-corrected chi connectivity index (χ4v) is 4.03. The molecule has 2 aliphatic carbocycles. The van der Waals surface area contributed by atoms with Crippen molar-refractivity contribution in [1.29, 1.82) is 0 Å². The van der Waals surface area contributed by atoms with E-state index in [1.165, 1.54) is 44.9 Å². The second kappa shape index (κ2) is 8.31. The van der Waals surface area contributed by atoms with Crippen LogP contribution in [0.3, 0.4) is 0 Å². The standard InChI is InChI=1S/C19H32O2/c1-19(2,10-5-3-4-6-12-20)11-7-13-21-18-15-16-8-9-17(18)14-16/h8,16-18H,3-7,9-11,13-15H2,1-2H3. The zero-order valence-electron chi connectivity index (χ0n) is 13.9. The van der Waals surface area contributed by atoms with Crippen molar-refractivity contribution in [2.45, 2.75) is 84.2 Å². The summed E-state index contributed by atoms with van der Waals surface area (Å²) in [6.45, 7) is 5.67. The molecule has 0 aliphatic heterocycles. The predicted octanol–water partition coefficient (Wildman–Crippen LogP) is 4.87. The molecule has 2 radical (unpaired) electrons. The van der Waals surface area contributed by atoms with Crippen molar-refractivity contribution in [3.63, 3.8) is 0 Å². The molecule has 21 heavy (non-hydrogen) atoms. The summed E-state index contributed by atoms with van der Waals surface area (Å²) in [5.41, 5.74) is 0.413. The van der Waals surface area contributed by atoms with Crippen LogP contribution in [0.2, 0.25) is 0 Å². The predicted molar refractivity (Wildman–Crippen MR) is 86.7 cm³/mol. The van der Waals surface area contributed by atoms with Gasteiger partial charge < -0.3 is 4.74 Å². The lowest BCUT2D eigenvalue weighted by Crippen LogP contribution is -2.22. The van der Waals surface area contributed by atoms with E-state index in [0.717, 1.165) is 31.3 Å². The Balaban J connectivity index is 1.49. The Morgan fingerprint density at radius 2 is 1.95 bits per heavy atom. The summed E-state index contributed by atoms with van der Waals surface area (Å²) in [5.74, 6) is 1.69. The third kappa shape index (κ3) is 5.73. The van der Waals surface area contributed by atoms with Gasteiger partial charge in [-0.25, -0.2) is 0 Å². The lowest BCUT2D eigenvalue weighted by Gasteiger charge is -2.26. The minimum atomic E-state index is 0.413. The zero-order valence-corrected chi connectivity index (χ0v) is 13.9. The molecule has 0 spiro atoms. The third-order valence-electron chi connectivity index (χ3n) is 5.40. The van der Waals surface area contributed by atoms with Gasteiger partial charge in [-0.15, -0.1) is 0 Å². The summed E-state index contributed by atoms with van der Waals surface area (Å²) < 4.78 is 6.13. The smallest absolute Gasteiger partial charge is 0.198 e. The lowest BCUT2D eigenvalue weighted by atomic mass is 9.82. The van der Waals surface area contributed by atoms with Crippen LogP contribution >= 0.6 is 0 Å². The van der Waals surface area contributed by atoms with Crippen LogP contribution in [0.1, 0.15) is 78.1 Å². The first-order chi connectivity index (χ1) is 10.1. The first-order valence-corrected chi connectivity index (χ1v) is 8.91. The van der Waals surface area contributed by atoms with Crippen molar-refractivity contribution < 1.29 is 9.53 Å². The van der Waals surface area contributed by atoms with E-state index in [-0.39, 0.29) is 0 Å². The maximum atomic E-state index is 10.2. The van der Waals surface area contributed by atoms with E-state index < -0.39 is 0 Å². The van der Waals surface area contributed by atoms with Gasteiger partial charge in [0.05, 0.1) is 6.10 Å². The molecule has 2 aliphatic rings. The molecule has 0 amide bonds. The lowest BCUT2D eigenvalue weighted by molar-refractivity contribution is 0.0162. The van der Waals surface area contributed by atoms with Crippen LogP contribution < -0.4 is 0 Å². The maximum absolute atomic E-state index is 10.2. The summed E-state index contributed by atoms with van der Waals surface area (Å²) in [7, 11) is 0. The van der Waals surface area contributed by atoms with Gasteiger partial charge >= 0.3 is 0 Å². The Labute approximate surface area is 131 Å². The van der Waals surface area contributed by atoms with Gasteiger partial charge in [0.15, 0.2) is 6.29 Å². The monoisotopic (exact) mass is 292 g/mol. The van der Waals surface area contributed by atoms with Crippen molar-refractivity contribution in [1.82, 2.24) is 0 Å². The number of rotatable bonds is 11. The summed E-state index contributed by atoms with van der Waals surface area (Å²) >= 11 is 0. The van der Waals surface area contributed by atoms with E-state index in [4.69, 9.17) is 4.74 Å². The van der Waals surface area contributed by atoms with Crippen LogP contribution in [-0.4, -0.2) is 19.0 Å². The molecule has 0 aromatic rings. The van der Waals surface area contributed by atoms with E-state index in [0.29, 0.717) is 17.9 Å². The van der Waals surface area contributed by atoms with Crippen LogP contribution in [0.15, 0.2) is 0 Å². The Hall–Kier alpha value is -0.370. The highest BCUT2D eigenvalue weighted by Crippen LogP contribution is 2.45. The van der Waals surface area contributed by atoms with Crippen LogP contribution in [0, 0.1) is 23.7 Å². The highest BCUT2D eigenvalue weighted by Gasteiger charge is 2.40.